The maximum Gasteiger partial charge on any atom is 0.283 e. The molecule has 0 amide bonds. The zero-order valence-corrected chi connectivity index (χ0v) is 14.5. The lowest BCUT2D eigenvalue weighted by Crippen LogP contribution is -2.48. The summed E-state index contributed by atoms with van der Waals surface area (Å²) in [6.45, 7) is 2.10. The van der Waals surface area contributed by atoms with Gasteiger partial charge in [0.1, 0.15) is 11.3 Å². The number of ketones is 1. The number of hydrogen-bond acceptors (Lipinski definition) is 6. The van der Waals surface area contributed by atoms with Gasteiger partial charge in [-0.3, -0.25) is 14.9 Å². The molecule has 0 bridgehead atoms. The number of carbonyl (C=O) groups is 1. The van der Waals surface area contributed by atoms with Crippen LogP contribution in [0.2, 0.25) is 0 Å². The van der Waals surface area contributed by atoms with Crippen LogP contribution in [0.3, 0.4) is 0 Å². The van der Waals surface area contributed by atoms with Crippen molar-refractivity contribution in [3.05, 3.63) is 68.8 Å². The molecule has 1 saturated carbocycles. The summed E-state index contributed by atoms with van der Waals surface area (Å²) in [5.74, 6) is -2.25. The average molecular weight is 367 g/mol. The number of carbonyl (C=O) groups excluding carboxylic acids is 1. The first kappa shape index (κ1) is 16.4. The lowest BCUT2D eigenvalue weighted by atomic mass is 9.85. The summed E-state index contributed by atoms with van der Waals surface area (Å²) in [6.07, 6.45) is 2.32. The molecule has 0 aromatic heterocycles. The van der Waals surface area contributed by atoms with Gasteiger partial charge in [0.25, 0.3) is 11.5 Å². The van der Waals surface area contributed by atoms with Crippen LogP contribution < -0.4 is 4.74 Å². The lowest BCUT2D eigenvalue weighted by molar-refractivity contribution is -0.388. The van der Waals surface area contributed by atoms with Crippen LogP contribution in [0.1, 0.15) is 52.7 Å². The second-order valence-electron chi connectivity index (χ2n) is 7.62. The minimum absolute atomic E-state index is 0.102. The Kier molecular flexibility index (Phi) is 3.00. The Labute approximate surface area is 154 Å². The molecule has 3 aliphatic rings. The van der Waals surface area contributed by atoms with Crippen LogP contribution in [0.15, 0.2) is 36.4 Å². The van der Waals surface area contributed by atoms with E-state index in [1.165, 1.54) is 18.2 Å². The summed E-state index contributed by atoms with van der Waals surface area (Å²) in [4.78, 5) is 23.7. The second-order valence-corrected chi connectivity index (χ2v) is 7.62. The van der Waals surface area contributed by atoms with Crippen molar-refractivity contribution in [2.45, 2.75) is 37.1 Å². The number of fused-ring (bicyclic) bond motifs is 5. The summed E-state index contributed by atoms with van der Waals surface area (Å²) in [5, 5.41) is 33.9. The van der Waals surface area contributed by atoms with Gasteiger partial charge in [-0.25, -0.2) is 0 Å². The number of hydrogen-bond donors (Lipinski definition) is 2. The molecule has 27 heavy (non-hydrogen) atoms. The number of aliphatic hydroxyl groups is 2. The number of Topliss-reactive ketones (excluding diaryl/α,β-unsaturated/α-hetero) is 1. The predicted molar refractivity (Wildman–Crippen MR) is 93.4 cm³/mol. The second kappa shape index (κ2) is 4.94. The molecule has 1 heterocycles. The van der Waals surface area contributed by atoms with Crippen molar-refractivity contribution in [2.75, 3.05) is 0 Å². The third-order valence-corrected chi connectivity index (χ3v) is 6.15. The van der Waals surface area contributed by atoms with Crippen molar-refractivity contribution in [2.24, 2.45) is 5.92 Å². The Morgan fingerprint density at radius 1 is 1.26 bits per heavy atom. The molecule has 2 unspecified atom stereocenters. The van der Waals surface area contributed by atoms with Crippen LogP contribution in [0.5, 0.6) is 5.75 Å². The normalized spacial score (nSPS) is 28.9. The minimum atomic E-state index is -2.52. The summed E-state index contributed by atoms with van der Waals surface area (Å²) in [6, 6.07) is 9.00. The van der Waals surface area contributed by atoms with Crippen LogP contribution in [0, 0.1) is 16.0 Å². The SMILES string of the molecule is C[C@@H](c1ccc2c(c1)OC1(O)c3c(cccc3[N+](=O)[O-])C(=O)C21O)C1CC1. The van der Waals surface area contributed by atoms with Crippen LogP contribution in [0.4, 0.5) is 5.69 Å². The molecule has 2 aromatic rings. The third kappa shape index (κ3) is 1.85. The van der Waals surface area contributed by atoms with E-state index in [1.807, 2.05) is 6.07 Å². The molecule has 7 heteroatoms. The van der Waals surface area contributed by atoms with E-state index in [0.29, 0.717) is 11.8 Å². The van der Waals surface area contributed by atoms with E-state index in [4.69, 9.17) is 4.74 Å². The van der Waals surface area contributed by atoms with Crippen molar-refractivity contribution < 1.29 is 24.7 Å². The fraction of sp³-hybridized carbons (Fsp3) is 0.350. The smallest absolute Gasteiger partial charge is 0.283 e. The zero-order chi connectivity index (χ0) is 19.1. The van der Waals surface area contributed by atoms with E-state index >= 15 is 0 Å². The van der Waals surface area contributed by atoms with Crippen molar-refractivity contribution in [1.29, 1.82) is 0 Å². The van der Waals surface area contributed by atoms with Crippen molar-refractivity contribution in [3.8, 4) is 5.75 Å². The molecule has 0 radical (unpaired) electrons. The topological polar surface area (TPSA) is 110 Å². The highest BCUT2D eigenvalue weighted by atomic mass is 16.7. The maximum atomic E-state index is 13.0. The number of benzene rings is 2. The summed E-state index contributed by atoms with van der Waals surface area (Å²) in [7, 11) is 0. The zero-order valence-electron chi connectivity index (χ0n) is 14.5. The molecule has 1 fully saturated rings. The Morgan fingerprint density at radius 2 is 2.00 bits per heavy atom. The molecule has 2 aromatic carbocycles. The highest BCUT2D eigenvalue weighted by Crippen LogP contribution is 2.60. The van der Waals surface area contributed by atoms with E-state index in [1.54, 1.807) is 12.1 Å². The molecular formula is C20H17NO6. The number of nitro groups is 1. The number of ether oxygens (including phenoxy) is 1. The van der Waals surface area contributed by atoms with E-state index in [9.17, 15) is 25.1 Å². The maximum absolute atomic E-state index is 13.0. The molecule has 7 nitrogen and oxygen atoms in total. The highest BCUT2D eigenvalue weighted by Gasteiger charge is 2.72. The first-order valence-electron chi connectivity index (χ1n) is 8.90. The largest absolute Gasteiger partial charge is 0.453 e. The lowest BCUT2D eigenvalue weighted by Gasteiger charge is -2.28. The van der Waals surface area contributed by atoms with Gasteiger partial charge in [-0.1, -0.05) is 31.2 Å². The Bertz CT molecular complexity index is 1030. The third-order valence-electron chi connectivity index (χ3n) is 6.15. The molecule has 2 N–H and O–H groups in total. The molecule has 1 aliphatic heterocycles. The minimum Gasteiger partial charge on any atom is -0.453 e. The van der Waals surface area contributed by atoms with Crippen LogP contribution in [0.25, 0.3) is 0 Å². The van der Waals surface area contributed by atoms with Crippen molar-refractivity contribution in [3.63, 3.8) is 0 Å². The molecular weight excluding hydrogens is 350 g/mol. The monoisotopic (exact) mass is 367 g/mol. The predicted octanol–water partition coefficient (Wildman–Crippen LogP) is 2.73. The Hall–Kier alpha value is -2.77. The van der Waals surface area contributed by atoms with E-state index < -0.39 is 27.8 Å². The number of nitro benzene ring substituents is 1. The van der Waals surface area contributed by atoms with Gasteiger partial charge in [0.05, 0.1) is 4.92 Å². The summed E-state index contributed by atoms with van der Waals surface area (Å²) < 4.78 is 5.68. The van der Waals surface area contributed by atoms with Gasteiger partial charge in [0.15, 0.2) is 0 Å². The van der Waals surface area contributed by atoms with E-state index in [2.05, 4.69) is 6.92 Å². The molecule has 2 aliphatic carbocycles. The summed E-state index contributed by atoms with van der Waals surface area (Å²) in [5.41, 5.74) is -2.15. The average Bonchev–Trinajstić information content (AvgIpc) is 3.44. The van der Waals surface area contributed by atoms with Gasteiger partial charge in [0.2, 0.25) is 11.4 Å². The van der Waals surface area contributed by atoms with Gasteiger partial charge in [-0.05, 0) is 36.3 Å². The standard InChI is InChI=1S/C20H17NO6/c1-10(11-5-6-11)12-7-8-14-16(9-12)27-20(24)17-13(18(22)19(14,20)23)3-2-4-15(17)21(25)26/h2-4,7-11,23-24H,5-6H2,1H3/t10-,19?,20?/m1/s1. The molecule has 0 spiro atoms. The van der Waals surface area contributed by atoms with Gasteiger partial charge in [-0.2, -0.15) is 0 Å². The van der Waals surface area contributed by atoms with Gasteiger partial charge in [0, 0.05) is 17.2 Å². The molecule has 138 valence electrons. The fourth-order valence-corrected chi connectivity index (χ4v) is 4.43. The molecule has 5 rings (SSSR count). The first-order chi connectivity index (χ1) is 12.8. The van der Waals surface area contributed by atoms with Crippen LogP contribution >= 0.6 is 0 Å². The van der Waals surface area contributed by atoms with E-state index in [-0.39, 0.29) is 22.4 Å². The van der Waals surface area contributed by atoms with Gasteiger partial charge >= 0.3 is 0 Å². The first-order valence-corrected chi connectivity index (χ1v) is 8.90. The Morgan fingerprint density at radius 3 is 2.67 bits per heavy atom. The highest BCUT2D eigenvalue weighted by molar-refractivity contribution is 6.10. The van der Waals surface area contributed by atoms with Crippen LogP contribution in [-0.2, 0) is 11.4 Å². The van der Waals surface area contributed by atoms with Gasteiger partial charge < -0.3 is 14.9 Å². The number of nitrogens with zero attached hydrogens (tertiary/aromatic N) is 1. The van der Waals surface area contributed by atoms with Crippen molar-refractivity contribution in [1.82, 2.24) is 0 Å². The Balaban J connectivity index is 1.70. The van der Waals surface area contributed by atoms with E-state index in [0.717, 1.165) is 18.4 Å². The van der Waals surface area contributed by atoms with Gasteiger partial charge in [-0.15, -0.1) is 0 Å². The molecule has 3 atom stereocenters. The van der Waals surface area contributed by atoms with Crippen molar-refractivity contribution >= 4 is 11.5 Å². The van der Waals surface area contributed by atoms with Crippen LogP contribution in [-0.4, -0.2) is 20.9 Å². The molecule has 0 saturated heterocycles. The fourth-order valence-electron chi connectivity index (χ4n) is 4.43. The summed E-state index contributed by atoms with van der Waals surface area (Å²) >= 11 is 0. The number of rotatable bonds is 3. The quantitative estimate of drug-likeness (QED) is 0.638.